The van der Waals surface area contributed by atoms with Gasteiger partial charge in [-0.05, 0) is 43.2 Å². The number of nitrogens with zero attached hydrogens (tertiary/aromatic N) is 4. The van der Waals surface area contributed by atoms with Crippen LogP contribution in [0.25, 0.3) is 0 Å². The first kappa shape index (κ1) is 19.4. The third kappa shape index (κ3) is 4.33. The summed E-state index contributed by atoms with van der Waals surface area (Å²) >= 11 is 0. The van der Waals surface area contributed by atoms with E-state index >= 15 is 0 Å². The summed E-state index contributed by atoms with van der Waals surface area (Å²) in [5.41, 5.74) is 4.96. The second kappa shape index (κ2) is 7.74. The topological polar surface area (TPSA) is 68.8 Å². The van der Waals surface area contributed by atoms with Crippen molar-refractivity contribution < 1.29 is 8.42 Å². The van der Waals surface area contributed by atoms with Crippen LogP contribution in [-0.4, -0.2) is 58.0 Å². The van der Waals surface area contributed by atoms with Crippen molar-refractivity contribution in [2.24, 2.45) is 0 Å². The molecule has 1 aliphatic rings. The highest BCUT2D eigenvalue weighted by molar-refractivity contribution is 7.90. The molecule has 146 valence electrons. The number of nitrogens with one attached hydrogen (secondary N) is 1. The van der Waals surface area contributed by atoms with Gasteiger partial charge < -0.3 is 9.80 Å². The van der Waals surface area contributed by atoms with Gasteiger partial charge >= 0.3 is 10.2 Å². The summed E-state index contributed by atoms with van der Waals surface area (Å²) in [6, 6.07) is 10.1. The molecule has 8 heteroatoms. The number of aryl methyl sites for hydroxylation is 1. The second-order valence-electron chi connectivity index (χ2n) is 6.98. The van der Waals surface area contributed by atoms with Crippen molar-refractivity contribution >= 4 is 27.4 Å². The van der Waals surface area contributed by atoms with Crippen LogP contribution in [-0.2, 0) is 10.2 Å². The van der Waals surface area contributed by atoms with Gasteiger partial charge in [-0.2, -0.15) is 12.7 Å². The Morgan fingerprint density at radius 2 is 1.67 bits per heavy atom. The Morgan fingerprint density at radius 1 is 1.00 bits per heavy atom. The Morgan fingerprint density at radius 3 is 2.26 bits per heavy atom. The number of aromatic nitrogens is 1. The normalized spacial score (nSPS) is 15.3. The van der Waals surface area contributed by atoms with Gasteiger partial charge in [0.15, 0.2) is 0 Å². The molecule has 3 rings (SSSR count). The lowest BCUT2D eigenvalue weighted by atomic mass is 10.1. The summed E-state index contributed by atoms with van der Waals surface area (Å²) < 4.78 is 27.3. The Labute approximate surface area is 161 Å². The highest BCUT2D eigenvalue weighted by atomic mass is 32.2. The largest absolute Gasteiger partial charge is 0.368 e. The standard InChI is InChI=1S/C19H27N5O2S/c1-15-6-5-7-18(16(15)2)24-12-10-23(11-13-24)17-8-9-19(20-14-17)21-27(25,26)22(3)4/h5-9,14H,10-13H2,1-4H3,(H,20,21). The van der Waals surface area contributed by atoms with Gasteiger partial charge in [-0.15, -0.1) is 0 Å². The van der Waals surface area contributed by atoms with Crippen LogP contribution in [0.5, 0.6) is 0 Å². The lowest BCUT2D eigenvalue weighted by Crippen LogP contribution is -2.46. The van der Waals surface area contributed by atoms with Gasteiger partial charge in [0.25, 0.3) is 0 Å². The molecule has 0 atom stereocenters. The summed E-state index contributed by atoms with van der Waals surface area (Å²) in [6.45, 7) is 8.01. The van der Waals surface area contributed by atoms with Gasteiger partial charge in [0.05, 0.1) is 11.9 Å². The molecule has 1 aromatic carbocycles. The van der Waals surface area contributed by atoms with E-state index in [9.17, 15) is 8.42 Å². The lowest BCUT2D eigenvalue weighted by molar-refractivity contribution is 0.526. The van der Waals surface area contributed by atoms with Crippen molar-refractivity contribution in [1.29, 1.82) is 0 Å². The fourth-order valence-corrected chi connectivity index (χ4v) is 3.71. The van der Waals surface area contributed by atoms with Crippen LogP contribution < -0.4 is 14.5 Å². The van der Waals surface area contributed by atoms with Gasteiger partial charge in [0.1, 0.15) is 5.82 Å². The van der Waals surface area contributed by atoms with Gasteiger partial charge in [-0.25, -0.2) is 4.98 Å². The zero-order valence-corrected chi connectivity index (χ0v) is 17.1. The Bertz CT molecular complexity index is 889. The van der Waals surface area contributed by atoms with Gasteiger partial charge in [-0.3, -0.25) is 4.72 Å². The van der Waals surface area contributed by atoms with E-state index in [0.29, 0.717) is 5.82 Å². The predicted octanol–water partition coefficient (Wildman–Crippen LogP) is 2.24. The van der Waals surface area contributed by atoms with Crippen LogP contribution in [0.1, 0.15) is 11.1 Å². The average Bonchev–Trinajstić information content (AvgIpc) is 2.64. The van der Waals surface area contributed by atoms with Crippen molar-refractivity contribution in [1.82, 2.24) is 9.29 Å². The first-order valence-electron chi connectivity index (χ1n) is 9.00. The monoisotopic (exact) mass is 389 g/mol. The SMILES string of the molecule is Cc1cccc(N2CCN(c3ccc(NS(=O)(=O)N(C)C)nc3)CC2)c1C. The Hall–Kier alpha value is -2.32. The maximum atomic E-state index is 11.9. The Kier molecular flexibility index (Phi) is 5.57. The molecule has 0 amide bonds. The zero-order chi connectivity index (χ0) is 19.6. The third-order valence-electron chi connectivity index (χ3n) is 5.02. The molecule has 2 heterocycles. The molecular formula is C19H27N5O2S. The van der Waals surface area contributed by atoms with E-state index in [2.05, 4.69) is 51.6 Å². The van der Waals surface area contributed by atoms with E-state index in [1.807, 2.05) is 6.07 Å². The van der Waals surface area contributed by atoms with Crippen LogP contribution in [0.15, 0.2) is 36.5 Å². The molecule has 1 aromatic heterocycles. The molecule has 0 saturated carbocycles. The predicted molar refractivity (Wildman–Crippen MR) is 111 cm³/mol. The number of piperazine rings is 1. The third-order valence-corrected chi connectivity index (χ3v) is 6.45. The first-order valence-corrected chi connectivity index (χ1v) is 10.4. The molecule has 2 aromatic rings. The quantitative estimate of drug-likeness (QED) is 0.849. The average molecular weight is 390 g/mol. The van der Waals surface area contributed by atoms with E-state index < -0.39 is 10.2 Å². The molecule has 0 unspecified atom stereocenters. The van der Waals surface area contributed by atoms with Crippen molar-refractivity contribution in [3.8, 4) is 0 Å². The van der Waals surface area contributed by atoms with Gasteiger partial charge in [-0.1, -0.05) is 12.1 Å². The minimum Gasteiger partial charge on any atom is -0.368 e. The van der Waals surface area contributed by atoms with E-state index in [4.69, 9.17) is 0 Å². The van der Waals surface area contributed by atoms with Crippen molar-refractivity contribution in [2.45, 2.75) is 13.8 Å². The fraction of sp³-hybridized carbons (Fsp3) is 0.421. The number of anilines is 3. The molecule has 0 radical (unpaired) electrons. The number of rotatable bonds is 5. The number of pyridine rings is 1. The van der Waals surface area contributed by atoms with Gasteiger partial charge in [0.2, 0.25) is 0 Å². The molecule has 27 heavy (non-hydrogen) atoms. The van der Waals surface area contributed by atoms with Crippen LogP contribution in [0.2, 0.25) is 0 Å². The summed E-state index contributed by atoms with van der Waals surface area (Å²) in [7, 11) is -0.577. The maximum Gasteiger partial charge on any atom is 0.302 e. The van der Waals surface area contributed by atoms with Crippen molar-refractivity contribution in [2.75, 3.05) is 54.8 Å². The Balaban J connectivity index is 1.64. The molecule has 0 bridgehead atoms. The van der Waals surface area contributed by atoms with Gasteiger partial charge in [0, 0.05) is 46.0 Å². The summed E-state index contributed by atoms with van der Waals surface area (Å²) in [5.74, 6) is 0.321. The molecule has 1 fully saturated rings. The number of hydrogen-bond donors (Lipinski definition) is 1. The first-order chi connectivity index (χ1) is 12.8. The minimum absolute atomic E-state index is 0.321. The fourth-order valence-electron chi connectivity index (χ4n) is 3.14. The molecular weight excluding hydrogens is 362 g/mol. The highest BCUT2D eigenvalue weighted by Crippen LogP contribution is 2.25. The molecule has 0 aliphatic carbocycles. The van der Waals surface area contributed by atoms with Crippen LogP contribution in [0, 0.1) is 13.8 Å². The van der Waals surface area contributed by atoms with E-state index in [1.165, 1.54) is 30.9 Å². The zero-order valence-electron chi connectivity index (χ0n) is 16.3. The van der Waals surface area contributed by atoms with E-state index in [-0.39, 0.29) is 0 Å². The summed E-state index contributed by atoms with van der Waals surface area (Å²) in [6.07, 6.45) is 1.72. The minimum atomic E-state index is -3.53. The lowest BCUT2D eigenvalue weighted by Gasteiger charge is -2.38. The van der Waals surface area contributed by atoms with Crippen LogP contribution >= 0.6 is 0 Å². The molecule has 1 N–H and O–H groups in total. The van der Waals surface area contributed by atoms with Crippen LogP contribution in [0.4, 0.5) is 17.2 Å². The van der Waals surface area contributed by atoms with Crippen molar-refractivity contribution in [3.05, 3.63) is 47.7 Å². The number of hydrogen-bond acceptors (Lipinski definition) is 5. The molecule has 7 nitrogen and oxygen atoms in total. The number of benzene rings is 1. The smallest absolute Gasteiger partial charge is 0.302 e. The highest BCUT2D eigenvalue weighted by Gasteiger charge is 2.20. The summed E-state index contributed by atoms with van der Waals surface area (Å²) in [5, 5.41) is 0. The maximum absolute atomic E-state index is 11.9. The van der Waals surface area contributed by atoms with E-state index in [0.717, 1.165) is 36.2 Å². The van der Waals surface area contributed by atoms with Crippen LogP contribution in [0.3, 0.4) is 0 Å². The second-order valence-corrected chi connectivity index (χ2v) is 8.87. The summed E-state index contributed by atoms with van der Waals surface area (Å²) in [4.78, 5) is 8.95. The van der Waals surface area contributed by atoms with Crippen molar-refractivity contribution in [3.63, 3.8) is 0 Å². The molecule has 0 spiro atoms. The van der Waals surface area contributed by atoms with E-state index in [1.54, 1.807) is 12.3 Å². The molecule has 1 aliphatic heterocycles. The molecule has 1 saturated heterocycles.